The Morgan fingerprint density at radius 2 is 2.10 bits per heavy atom. The first kappa shape index (κ1) is 6.16. The van der Waals surface area contributed by atoms with E-state index in [1.165, 1.54) is 0 Å². The maximum absolute atomic E-state index is 10.2. The molecule has 3 heteroatoms. The van der Waals surface area contributed by atoms with Gasteiger partial charge < -0.3 is 10.0 Å². The number of piperidine rings is 1. The normalized spacial score (nSPS) is 43.3. The number of aliphatic hydroxyl groups excluding tert-OH is 1. The molecule has 2 aliphatic rings. The van der Waals surface area contributed by atoms with E-state index in [1.54, 1.807) is 4.90 Å². The highest BCUT2D eigenvalue weighted by atomic mass is 16.3. The van der Waals surface area contributed by atoms with Crippen LogP contribution in [-0.4, -0.2) is 36.1 Å². The van der Waals surface area contributed by atoms with Crippen LogP contribution in [0.5, 0.6) is 0 Å². The van der Waals surface area contributed by atoms with E-state index in [9.17, 15) is 4.79 Å². The van der Waals surface area contributed by atoms with Crippen LogP contribution in [0.25, 0.3) is 0 Å². The van der Waals surface area contributed by atoms with E-state index in [0.29, 0.717) is 24.4 Å². The van der Waals surface area contributed by atoms with Crippen LogP contribution in [0.4, 0.5) is 0 Å². The molecule has 10 heavy (non-hydrogen) atoms. The molecule has 1 aliphatic heterocycles. The molecule has 1 saturated carbocycles. The SMILES string of the molecule is O=CN1CC2C(CO)C2C1. The maximum atomic E-state index is 10.2. The number of fused-ring (bicyclic) bond motifs is 1. The lowest BCUT2D eigenvalue weighted by atomic mass is 10.3. The van der Waals surface area contributed by atoms with Crippen molar-refractivity contribution in [1.29, 1.82) is 0 Å². The monoisotopic (exact) mass is 141 g/mol. The molecular formula is C7H11NO2. The summed E-state index contributed by atoms with van der Waals surface area (Å²) in [6.45, 7) is 2.06. The number of rotatable bonds is 2. The molecule has 0 spiro atoms. The summed E-state index contributed by atoms with van der Waals surface area (Å²) in [5, 5.41) is 8.76. The standard InChI is InChI=1S/C7H11NO2/c9-3-7-5-1-8(4-10)2-6(5)7/h4-7,9H,1-3H2. The van der Waals surface area contributed by atoms with Crippen LogP contribution in [0.1, 0.15) is 0 Å². The smallest absolute Gasteiger partial charge is 0.209 e. The van der Waals surface area contributed by atoms with Gasteiger partial charge in [-0.15, -0.1) is 0 Å². The van der Waals surface area contributed by atoms with Gasteiger partial charge in [0.05, 0.1) is 0 Å². The molecule has 1 aliphatic carbocycles. The van der Waals surface area contributed by atoms with Crippen molar-refractivity contribution < 1.29 is 9.90 Å². The summed E-state index contributed by atoms with van der Waals surface area (Å²) in [6, 6.07) is 0. The second-order valence-corrected chi connectivity index (χ2v) is 3.23. The predicted molar refractivity (Wildman–Crippen MR) is 35.2 cm³/mol. The molecule has 0 aromatic heterocycles. The summed E-state index contributed by atoms with van der Waals surface area (Å²) in [5.74, 6) is 1.75. The summed E-state index contributed by atoms with van der Waals surface area (Å²) < 4.78 is 0. The second-order valence-electron chi connectivity index (χ2n) is 3.23. The van der Waals surface area contributed by atoms with Gasteiger partial charge in [0.2, 0.25) is 6.41 Å². The number of aliphatic hydroxyl groups is 1. The number of likely N-dealkylation sites (tertiary alicyclic amines) is 1. The molecule has 0 radical (unpaired) electrons. The van der Waals surface area contributed by atoms with Gasteiger partial charge in [0, 0.05) is 19.7 Å². The topological polar surface area (TPSA) is 40.5 Å². The van der Waals surface area contributed by atoms with E-state index in [2.05, 4.69) is 0 Å². The van der Waals surface area contributed by atoms with Gasteiger partial charge in [-0.25, -0.2) is 0 Å². The van der Waals surface area contributed by atoms with Crippen molar-refractivity contribution in [3.63, 3.8) is 0 Å². The summed E-state index contributed by atoms with van der Waals surface area (Å²) in [7, 11) is 0. The highest BCUT2D eigenvalue weighted by Gasteiger charge is 2.54. The molecule has 0 aromatic carbocycles. The van der Waals surface area contributed by atoms with Crippen molar-refractivity contribution >= 4 is 6.41 Å². The van der Waals surface area contributed by atoms with Crippen LogP contribution in [0.3, 0.4) is 0 Å². The van der Waals surface area contributed by atoms with E-state index in [1.807, 2.05) is 0 Å². The van der Waals surface area contributed by atoms with E-state index in [4.69, 9.17) is 5.11 Å². The van der Waals surface area contributed by atoms with Crippen molar-refractivity contribution in [2.75, 3.05) is 19.7 Å². The predicted octanol–water partition coefficient (Wildman–Crippen LogP) is -0.687. The zero-order valence-corrected chi connectivity index (χ0v) is 5.73. The third-order valence-electron chi connectivity index (χ3n) is 2.76. The number of carbonyl (C=O) groups is 1. The Kier molecular flexibility index (Phi) is 1.20. The largest absolute Gasteiger partial charge is 0.396 e. The Labute approximate surface area is 59.6 Å². The molecule has 1 amide bonds. The summed E-state index contributed by atoms with van der Waals surface area (Å²) in [5.41, 5.74) is 0. The third-order valence-corrected chi connectivity index (χ3v) is 2.76. The van der Waals surface area contributed by atoms with Gasteiger partial charge in [0.25, 0.3) is 0 Å². The number of nitrogens with zero attached hydrogens (tertiary/aromatic N) is 1. The fraction of sp³-hybridized carbons (Fsp3) is 0.857. The number of hydrogen-bond acceptors (Lipinski definition) is 2. The first-order valence-electron chi connectivity index (χ1n) is 3.67. The highest BCUT2D eigenvalue weighted by molar-refractivity contribution is 5.48. The molecule has 0 bridgehead atoms. The Bertz CT molecular complexity index is 148. The molecule has 2 unspecified atom stereocenters. The average molecular weight is 141 g/mol. The Morgan fingerprint density at radius 1 is 1.50 bits per heavy atom. The summed E-state index contributed by atoms with van der Waals surface area (Å²) in [4.78, 5) is 12.0. The molecule has 56 valence electrons. The van der Waals surface area contributed by atoms with Crippen LogP contribution >= 0.6 is 0 Å². The maximum Gasteiger partial charge on any atom is 0.209 e. The third kappa shape index (κ3) is 0.669. The van der Waals surface area contributed by atoms with Crippen molar-refractivity contribution in [3.05, 3.63) is 0 Å². The van der Waals surface area contributed by atoms with Crippen molar-refractivity contribution in [2.24, 2.45) is 17.8 Å². The Morgan fingerprint density at radius 3 is 2.50 bits per heavy atom. The van der Waals surface area contributed by atoms with Gasteiger partial charge in [-0.1, -0.05) is 0 Å². The molecule has 0 aromatic rings. The molecule has 1 heterocycles. The van der Waals surface area contributed by atoms with Crippen LogP contribution in [-0.2, 0) is 4.79 Å². The molecule has 2 atom stereocenters. The Hall–Kier alpha value is -0.570. The minimum Gasteiger partial charge on any atom is -0.396 e. The second kappa shape index (κ2) is 1.95. The molecular weight excluding hydrogens is 130 g/mol. The molecule has 3 nitrogen and oxygen atoms in total. The first-order valence-corrected chi connectivity index (χ1v) is 3.67. The number of carbonyl (C=O) groups excluding carboxylic acids is 1. The summed E-state index contributed by atoms with van der Waals surface area (Å²) in [6.07, 6.45) is 0.903. The van der Waals surface area contributed by atoms with Crippen molar-refractivity contribution in [2.45, 2.75) is 0 Å². The summed E-state index contributed by atoms with van der Waals surface area (Å²) >= 11 is 0. The lowest BCUT2D eigenvalue weighted by Crippen LogP contribution is -2.23. The van der Waals surface area contributed by atoms with Crippen LogP contribution in [0.2, 0.25) is 0 Å². The zero-order chi connectivity index (χ0) is 7.14. The van der Waals surface area contributed by atoms with E-state index >= 15 is 0 Å². The number of hydrogen-bond donors (Lipinski definition) is 1. The zero-order valence-electron chi connectivity index (χ0n) is 5.73. The minimum atomic E-state index is 0.308. The van der Waals surface area contributed by atoms with Gasteiger partial charge in [-0.05, 0) is 17.8 Å². The van der Waals surface area contributed by atoms with Crippen molar-refractivity contribution in [1.82, 2.24) is 4.90 Å². The average Bonchev–Trinajstić information content (AvgIpc) is 2.43. The highest BCUT2D eigenvalue weighted by Crippen LogP contribution is 2.50. The lowest BCUT2D eigenvalue weighted by Gasteiger charge is -2.11. The van der Waals surface area contributed by atoms with Crippen LogP contribution in [0.15, 0.2) is 0 Å². The van der Waals surface area contributed by atoms with Crippen LogP contribution in [0, 0.1) is 17.8 Å². The Balaban J connectivity index is 1.89. The molecule has 1 N–H and O–H groups in total. The quantitative estimate of drug-likeness (QED) is 0.517. The molecule has 2 fully saturated rings. The van der Waals surface area contributed by atoms with Gasteiger partial charge in [0.15, 0.2) is 0 Å². The van der Waals surface area contributed by atoms with Crippen molar-refractivity contribution in [3.8, 4) is 0 Å². The van der Waals surface area contributed by atoms with E-state index < -0.39 is 0 Å². The van der Waals surface area contributed by atoms with Gasteiger partial charge in [0.1, 0.15) is 0 Å². The van der Waals surface area contributed by atoms with Crippen LogP contribution < -0.4 is 0 Å². The van der Waals surface area contributed by atoms with E-state index in [0.717, 1.165) is 19.5 Å². The fourth-order valence-corrected chi connectivity index (χ4v) is 2.04. The fourth-order valence-electron chi connectivity index (χ4n) is 2.04. The van der Waals surface area contributed by atoms with Gasteiger partial charge >= 0.3 is 0 Å². The van der Waals surface area contributed by atoms with Gasteiger partial charge in [-0.3, -0.25) is 4.79 Å². The first-order chi connectivity index (χ1) is 4.86. The molecule has 2 rings (SSSR count). The lowest BCUT2D eigenvalue weighted by molar-refractivity contribution is -0.117. The minimum absolute atomic E-state index is 0.308. The van der Waals surface area contributed by atoms with Gasteiger partial charge in [-0.2, -0.15) is 0 Å². The molecule has 1 saturated heterocycles. The van der Waals surface area contributed by atoms with E-state index in [-0.39, 0.29) is 0 Å². The number of amides is 1.